The lowest BCUT2D eigenvalue weighted by Gasteiger charge is -2.18. The van der Waals surface area contributed by atoms with Crippen LogP contribution in [0.2, 0.25) is 0 Å². The Morgan fingerprint density at radius 2 is 1.63 bits per heavy atom. The van der Waals surface area contributed by atoms with Crippen molar-refractivity contribution in [2.45, 2.75) is 18.7 Å². The topological polar surface area (TPSA) is 43.1 Å². The van der Waals surface area contributed by atoms with Crippen LogP contribution in [0.5, 0.6) is 0 Å². The Morgan fingerprint density at radius 1 is 1.05 bits per heavy atom. The molecule has 2 N–H and O–H groups in total. The molecule has 0 spiro atoms. The Morgan fingerprint density at radius 3 is 2.21 bits per heavy atom. The average molecular weight is 318 g/mol. The number of hydrogen-bond acceptors (Lipinski definition) is 1. The Balaban J connectivity index is 2.57. The molecule has 2 nitrogen and oxygen atoms in total. The fraction of sp³-hybridized carbons (Fsp3) is 0.188. The fourth-order valence-corrected chi connectivity index (χ4v) is 3.45. The summed E-state index contributed by atoms with van der Waals surface area (Å²) < 4.78 is 0. The summed E-state index contributed by atoms with van der Waals surface area (Å²) in [6.07, 6.45) is 0. The number of amides is 1. The van der Waals surface area contributed by atoms with Gasteiger partial charge in [-0.1, -0.05) is 52.3 Å². The van der Waals surface area contributed by atoms with E-state index in [9.17, 15) is 4.79 Å². The van der Waals surface area contributed by atoms with Gasteiger partial charge in [0, 0.05) is 5.56 Å². The Hall–Kier alpha value is -1.61. The summed E-state index contributed by atoms with van der Waals surface area (Å²) in [6, 6.07) is 13.6. The van der Waals surface area contributed by atoms with E-state index in [0.717, 1.165) is 5.56 Å². The van der Waals surface area contributed by atoms with Crippen LogP contribution in [0.3, 0.4) is 0 Å². The summed E-state index contributed by atoms with van der Waals surface area (Å²) in [5, 5.41) is 0. The van der Waals surface area contributed by atoms with Gasteiger partial charge in [-0.15, -0.1) is 0 Å². The Bertz CT molecular complexity index is 602. The Labute approximate surface area is 121 Å². The number of halogens is 1. The standard InChI is InChI=1S/C16H16BrNO/c1-10-6-5-7-11(2)14(10)15(17)12-8-3-4-9-13(12)16(18)19/h3-9,15H,1-2H3,(H2,18,19). The number of hydrogen-bond donors (Lipinski definition) is 1. The lowest BCUT2D eigenvalue weighted by Crippen LogP contribution is -2.15. The third kappa shape index (κ3) is 2.71. The minimum atomic E-state index is -0.397. The fourth-order valence-electron chi connectivity index (χ4n) is 2.33. The zero-order chi connectivity index (χ0) is 14.0. The van der Waals surface area contributed by atoms with E-state index in [1.165, 1.54) is 16.7 Å². The Kier molecular flexibility index (Phi) is 4.05. The van der Waals surface area contributed by atoms with Crippen LogP contribution in [0.15, 0.2) is 42.5 Å². The van der Waals surface area contributed by atoms with Crippen molar-refractivity contribution in [1.29, 1.82) is 0 Å². The van der Waals surface area contributed by atoms with Crippen LogP contribution in [0, 0.1) is 13.8 Å². The highest BCUT2D eigenvalue weighted by atomic mass is 79.9. The minimum Gasteiger partial charge on any atom is -0.366 e. The van der Waals surface area contributed by atoms with Crippen molar-refractivity contribution in [2.75, 3.05) is 0 Å². The predicted molar refractivity (Wildman–Crippen MR) is 81.6 cm³/mol. The van der Waals surface area contributed by atoms with Crippen LogP contribution in [0.25, 0.3) is 0 Å². The van der Waals surface area contributed by atoms with E-state index < -0.39 is 5.91 Å². The van der Waals surface area contributed by atoms with Crippen molar-refractivity contribution in [3.8, 4) is 0 Å². The zero-order valence-electron chi connectivity index (χ0n) is 11.0. The summed E-state index contributed by atoms with van der Waals surface area (Å²) in [4.78, 5) is 11.5. The maximum absolute atomic E-state index is 11.5. The molecule has 0 aliphatic rings. The van der Waals surface area contributed by atoms with Gasteiger partial charge in [0.2, 0.25) is 5.91 Å². The van der Waals surface area contributed by atoms with Gasteiger partial charge >= 0.3 is 0 Å². The maximum atomic E-state index is 11.5. The summed E-state index contributed by atoms with van der Waals surface area (Å²) in [5.41, 5.74) is 10.5. The first-order chi connectivity index (χ1) is 9.02. The first-order valence-electron chi connectivity index (χ1n) is 6.11. The van der Waals surface area contributed by atoms with Crippen molar-refractivity contribution >= 4 is 21.8 Å². The first kappa shape index (κ1) is 13.8. The van der Waals surface area contributed by atoms with Gasteiger partial charge in [0.15, 0.2) is 0 Å². The quantitative estimate of drug-likeness (QED) is 0.857. The molecule has 0 radical (unpaired) electrons. The normalized spacial score (nSPS) is 12.2. The molecule has 0 saturated carbocycles. The summed E-state index contributed by atoms with van der Waals surface area (Å²) in [7, 11) is 0. The van der Waals surface area contributed by atoms with Gasteiger partial charge in [0.05, 0.1) is 4.83 Å². The maximum Gasteiger partial charge on any atom is 0.249 e. The second kappa shape index (κ2) is 5.57. The lowest BCUT2D eigenvalue weighted by atomic mass is 9.93. The second-order valence-electron chi connectivity index (χ2n) is 4.62. The highest BCUT2D eigenvalue weighted by molar-refractivity contribution is 9.09. The molecule has 1 unspecified atom stereocenters. The van der Waals surface area contributed by atoms with Gasteiger partial charge in [-0.3, -0.25) is 4.79 Å². The molecule has 2 aromatic rings. The highest BCUT2D eigenvalue weighted by Crippen LogP contribution is 2.36. The molecule has 2 rings (SSSR count). The molecular formula is C16H16BrNO. The van der Waals surface area contributed by atoms with E-state index in [0.29, 0.717) is 5.56 Å². The zero-order valence-corrected chi connectivity index (χ0v) is 12.6. The van der Waals surface area contributed by atoms with Gasteiger partial charge in [-0.25, -0.2) is 0 Å². The van der Waals surface area contributed by atoms with Crippen molar-refractivity contribution in [2.24, 2.45) is 5.73 Å². The van der Waals surface area contributed by atoms with E-state index in [2.05, 4.69) is 41.9 Å². The monoisotopic (exact) mass is 317 g/mol. The third-order valence-corrected chi connectivity index (χ3v) is 4.25. The molecule has 3 heteroatoms. The molecule has 19 heavy (non-hydrogen) atoms. The van der Waals surface area contributed by atoms with E-state index >= 15 is 0 Å². The van der Waals surface area contributed by atoms with Crippen LogP contribution < -0.4 is 5.73 Å². The SMILES string of the molecule is Cc1cccc(C)c1C(Br)c1ccccc1C(N)=O. The molecule has 98 valence electrons. The van der Waals surface area contributed by atoms with Gasteiger partial charge in [-0.2, -0.15) is 0 Å². The van der Waals surface area contributed by atoms with E-state index in [1.807, 2.05) is 24.3 Å². The number of aryl methyl sites for hydroxylation is 2. The molecule has 0 aliphatic carbocycles. The number of primary amides is 1. The van der Waals surface area contributed by atoms with Crippen molar-refractivity contribution in [1.82, 2.24) is 0 Å². The van der Waals surface area contributed by atoms with Crippen molar-refractivity contribution in [3.05, 3.63) is 70.3 Å². The molecule has 0 aliphatic heterocycles. The van der Waals surface area contributed by atoms with E-state index in [-0.39, 0.29) is 4.83 Å². The van der Waals surface area contributed by atoms with Gasteiger partial charge in [-0.05, 0) is 42.2 Å². The predicted octanol–water partition coefficient (Wildman–Crippen LogP) is 3.89. The molecule has 2 aromatic carbocycles. The van der Waals surface area contributed by atoms with E-state index in [4.69, 9.17) is 5.73 Å². The lowest BCUT2D eigenvalue weighted by molar-refractivity contribution is 0.0999. The molecule has 1 atom stereocenters. The van der Waals surface area contributed by atoms with Crippen LogP contribution in [0.1, 0.15) is 37.4 Å². The number of rotatable bonds is 3. The van der Waals surface area contributed by atoms with Crippen LogP contribution in [-0.4, -0.2) is 5.91 Å². The molecule has 0 aromatic heterocycles. The number of benzene rings is 2. The summed E-state index contributed by atoms with van der Waals surface area (Å²) >= 11 is 3.71. The van der Waals surface area contributed by atoms with Crippen LogP contribution >= 0.6 is 15.9 Å². The highest BCUT2D eigenvalue weighted by Gasteiger charge is 2.19. The first-order valence-corrected chi connectivity index (χ1v) is 7.03. The summed E-state index contributed by atoms with van der Waals surface area (Å²) in [5.74, 6) is -0.397. The number of alkyl halides is 1. The largest absolute Gasteiger partial charge is 0.366 e. The third-order valence-electron chi connectivity index (χ3n) is 3.29. The minimum absolute atomic E-state index is 0.0302. The molecule has 0 saturated heterocycles. The number of carbonyl (C=O) groups is 1. The molecule has 0 heterocycles. The van der Waals surface area contributed by atoms with Gasteiger partial charge in [0.25, 0.3) is 0 Å². The molecule has 1 amide bonds. The number of carbonyl (C=O) groups excluding carboxylic acids is 1. The van der Waals surface area contributed by atoms with E-state index in [1.54, 1.807) is 6.07 Å². The van der Waals surface area contributed by atoms with Crippen molar-refractivity contribution < 1.29 is 4.79 Å². The smallest absolute Gasteiger partial charge is 0.249 e. The molecular weight excluding hydrogens is 302 g/mol. The number of nitrogens with two attached hydrogens (primary N) is 1. The van der Waals surface area contributed by atoms with Gasteiger partial charge in [0.1, 0.15) is 0 Å². The second-order valence-corrected chi connectivity index (χ2v) is 5.54. The average Bonchev–Trinajstić information content (AvgIpc) is 2.38. The molecule has 0 bridgehead atoms. The van der Waals surface area contributed by atoms with Crippen LogP contribution in [0.4, 0.5) is 0 Å². The summed E-state index contributed by atoms with van der Waals surface area (Å²) in [6.45, 7) is 4.15. The van der Waals surface area contributed by atoms with Crippen molar-refractivity contribution in [3.63, 3.8) is 0 Å². The van der Waals surface area contributed by atoms with Crippen LogP contribution in [-0.2, 0) is 0 Å². The molecule has 0 fully saturated rings. The van der Waals surface area contributed by atoms with Gasteiger partial charge < -0.3 is 5.73 Å².